The van der Waals surface area contributed by atoms with Gasteiger partial charge in [0.2, 0.25) is 11.7 Å². The summed E-state index contributed by atoms with van der Waals surface area (Å²) in [5.74, 6) is 0.655. The molecule has 1 aromatic rings. The van der Waals surface area contributed by atoms with Crippen LogP contribution in [0.25, 0.3) is 0 Å². The van der Waals surface area contributed by atoms with Gasteiger partial charge in [0.15, 0.2) is 5.89 Å². The summed E-state index contributed by atoms with van der Waals surface area (Å²) >= 11 is 0. The van der Waals surface area contributed by atoms with Gasteiger partial charge in [-0.05, 0) is 32.6 Å². The average molecular weight is 291 g/mol. The maximum absolute atomic E-state index is 12.2. The molecular weight excluding hydrogens is 270 g/mol. The van der Waals surface area contributed by atoms with E-state index in [0.29, 0.717) is 17.5 Å². The highest BCUT2D eigenvalue weighted by Crippen LogP contribution is 2.40. The highest BCUT2D eigenvalue weighted by Gasteiger charge is 2.40. The zero-order valence-corrected chi connectivity index (χ0v) is 12.3. The van der Waals surface area contributed by atoms with Gasteiger partial charge in [0, 0.05) is 12.5 Å². The molecule has 2 amide bonds. The zero-order valence-electron chi connectivity index (χ0n) is 12.3. The number of nitrogens with one attached hydrogen (secondary N) is 1. The van der Waals surface area contributed by atoms with Crippen molar-refractivity contribution < 1.29 is 14.0 Å². The molecule has 1 aromatic heterocycles. The van der Waals surface area contributed by atoms with Crippen LogP contribution < -0.4 is 11.1 Å². The minimum atomic E-state index is -0.594. The van der Waals surface area contributed by atoms with Gasteiger partial charge in [-0.1, -0.05) is 12.8 Å². The van der Waals surface area contributed by atoms with Crippen molar-refractivity contribution in [2.24, 2.45) is 11.1 Å². The van der Waals surface area contributed by atoms with Crippen molar-refractivity contribution >= 4 is 11.8 Å². The molecule has 0 spiro atoms. The number of carbonyl (C=O) groups excluding carboxylic acids is 2. The molecule has 2 aliphatic carbocycles. The summed E-state index contributed by atoms with van der Waals surface area (Å²) < 4.78 is 5.57. The van der Waals surface area contributed by atoms with Crippen molar-refractivity contribution in [3.63, 3.8) is 0 Å². The third-order valence-electron chi connectivity index (χ3n) is 4.62. The van der Waals surface area contributed by atoms with Crippen LogP contribution in [0.5, 0.6) is 0 Å². The van der Waals surface area contributed by atoms with Crippen molar-refractivity contribution in [1.29, 1.82) is 0 Å². The van der Waals surface area contributed by atoms with Crippen LogP contribution in [0.2, 0.25) is 0 Å². The van der Waals surface area contributed by atoms with Gasteiger partial charge in [-0.3, -0.25) is 9.59 Å². The van der Waals surface area contributed by atoms with Gasteiger partial charge < -0.3 is 15.5 Å². The van der Waals surface area contributed by atoms with Crippen LogP contribution in [0.3, 0.4) is 0 Å². The fourth-order valence-electron chi connectivity index (χ4n) is 3.02. The summed E-state index contributed by atoms with van der Waals surface area (Å²) in [5.41, 5.74) is 5.52. The Hall–Kier alpha value is -1.85. The van der Waals surface area contributed by atoms with Gasteiger partial charge in [0.25, 0.3) is 5.91 Å². The maximum atomic E-state index is 12.2. The smallest absolute Gasteiger partial charge is 0.289 e. The number of aryl methyl sites for hydroxylation is 1. The summed E-state index contributed by atoms with van der Waals surface area (Å²) in [7, 11) is 0. The lowest BCUT2D eigenvalue weighted by molar-refractivity contribution is -0.127. The SMILES string of the molecule is Cc1nc(C2CC2)oc1C(=O)NCC1(C(N)=O)CCCC1. The second-order valence-electron chi connectivity index (χ2n) is 6.28. The molecule has 21 heavy (non-hydrogen) atoms. The zero-order chi connectivity index (χ0) is 15.0. The monoisotopic (exact) mass is 291 g/mol. The average Bonchev–Trinajstić information content (AvgIpc) is 3.05. The summed E-state index contributed by atoms with van der Waals surface area (Å²) in [4.78, 5) is 28.2. The summed E-state index contributed by atoms with van der Waals surface area (Å²) in [6.07, 6.45) is 5.59. The molecule has 3 N–H and O–H groups in total. The van der Waals surface area contributed by atoms with Crippen molar-refractivity contribution in [3.05, 3.63) is 17.3 Å². The number of carbonyl (C=O) groups is 2. The van der Waals surface area contributed by atoms with E-state index in [-0.39, 0.29) is 24.1 Å². The number of nitrogens with zero attached hydrogens (tertiary/aromatic N) is 1. The van der Waals surface area contributed by atoms with E-state index in [1.807, 2.05) is 0 Å². The summed E-state index contributed by atoms with van der Waals surface area (Å²) in [5, 5.41) is 2.80. The number of hydrogen-bond donors (Lipinski definition) is 2. The first-order chi connectivity index (χ1) is 10.0. The third kappa shape index (κ3) is 2.66. The van der Waals surface area contributed by atoms with E-state index < -0.39 is 5.41 Å². The topological polar surface area (TPSA) is 98.2 Å². The van der Waals surface area contributed by atoms with Crippen molar-refractivity contribution in [2.75, 3.05) is 6.54 Å². The van der Waals surface area contributed by atoms with Gasteiger partial charge >= 0.3 is 0 Å². The lowest BCUT2D eigenvalue weighted by Gasteiger charge is -2.24. The van der Waals surface area contributed by atoms with Gasteiger partial charge in [0.05, 0.1) is 11.1 Å². The minimum Gasteiger partial charge on any atom is -0.435 e. The van der Waals surface area contributed by atoms with E-state index in [1.165, 1.54) is 0 Å². The summed E-state index contributed by atoms with van der Waals surface area (Å²) in [6.45, 7) is 2.05. The van der Waals surface area contributed by atoms with Crippen molar-refractivity contribution in [2.45, 2.75) is 51.4 Å². The molecule has 2 fully saturated rings. The minimum absolute atomic E-state index is 0.259. The van der Waals surface area contributed by atoms with Crippen molar-refractivity contribution in [1.82, 2.24) is 10.3 Å². The van der Waals surface area contributed by atoms with E-state index in [1.54, 1.807) is 6.92 Å². The maximum Gasteiger partial charge on any atom is 0.289 e. The van der Waals surface area contributed by atoms with Crippen LogP contribution in [-0.2, 0) is 4.79 Å². The number of rotatable bonds is 5. The van der Waals surface area contributed by atoms with Crippen molar-refractivity contribution in [3.8, 4) is 0 Å². The molecule has 0 atom stereocenters. The number of aromatic nitrogens is 1. The molecule has 6 heteroatoms. The number of oxazole rings is 1. The first kappa shape index (κ1) is 14.1. The molecular formula is C15H21N3O3. The van der Waals surface area contributed by atoms with Crippen LogP contribution in [0, 0.1) is 12.3 Å². The second-order valence-corrected chi connectivity index (χ2v) is 6.28. The Morgan fingerprint density at radius 2 is 2.05 bits per heavy atom. The Morgan fingerprint density at radius 1 is 1.38 bits per heavy atom. The molecule has 2 aliphatic rings. The van der Waals surface area contributed by atoms with E-state index >= 15 is 0 Å². The Morgan fingerprint density at radius 3 is 2.62 bits per heavy atom. The lowest BCUT2D eigenvalue weighted by Crippen LogP contribution is -2.44. The van der Waals surface area contributed by atoms with Gasteiger partial charge in [-0.2, -0.15) is 0 Å². The van der Waals surface area contributed by atoms with Gasteiger partial charge in [-0.25, -0.2) is 4.98 Å². The highest BCUT2D eigenvalue weighted by molar-refractivity contribution is 5.93. The molecule has 6 nitrogen and oxygen atoms in total. The molecule has 0 unspecified atom stereocenters. The van der Waals surface area contributed by atoms with Crippen LogP contribution in [0.4, 0.5) is 0 Å². The van der Waals surface area contributed by atoms with E-state index in [4.69, 9.17) is 10.2 Å². The molecule has 114 valence electrons. The normalized spacial score (nSPS) is 20.4. The van der Waals surface area contributed by atoms with Gasteiger partial charge in [0.1, 0.15) is 0 Å². The largest absolute Gasteiger partial charge is 0.435 e. The lowest BCUT2D eigenvalue weighted by atomic mass is 9.85. The first-order valence-corrected chi connectivity index (χ1v) is 7.57. The van der Waals surface area contributed by atoms with Crippen LogP contribution in [-0.4, -0.2) is 23.3 Å². The Balaban J connectivity index is 1.67. The molecule has 0 aliphatic heterocycles. The second kappa shape index (κ2) is 5.16. The molecule has 0 radical (unpaired) electrons. The molecule has 1 heterocycles. The predicted molar refractivity (Wildman–Crippen MR) is 75.6 cm³/mol. The molecule has 0 aromatic carbocycles. The summed E-state index contributed by atoms with van der Waals surface area (Å²) in [6, 6.07) is 0. The van der Waals surface area contributed by atoms with E-state index in [2.05, 4.69) is 10.3 Å². The standard InChI is InChI=1S/C15H21N3O3/c1-9-11(21-13(18-9)10-4-5-10)12(19)17-8-15(14(16)20)6-2-3-7-15/h10H,2-8H2,1H3,(H2,16,20)(H,17,19). The number of primary amides is 1. The third-order valence-corrected chi connectivity index (χ3v) is 4.62. The highest BCUT2D eigenvalue weighted by atomic mass is 16.4. The van der Waals surface area contributed by atoms with Crippen LogP contribution in [0.1, 0.15) is 66.6 Å². The molecule has 3 rings (SSSR count). The fourth-order valence-corrected chi connectivity index (χ4v) is 3.02. The molecule has 2 saturated carbocycles. The Bertz CT molecular complexity index is 569. The molecule has 0 saturated heterocycles. The number of nitrogens with two attached hydrogens (primary N) is 1. The Labute approximate surface area is 123 Å². The number of amides is 2. The van der Waals surface area contributed by atoms with Crippen LogP contribution >= 0.6 is 0 Å². The predicted octanol–water partition coefficient (Wildman–Crippen LogP) is 1.64. The fraction of sp³-hybridized carbons (Fsp3) is 0.667. The first-order valence-electron chi connectivity index (χ1n) is 7.57. The quantitative estimate of drug-likeness (QED) is 0.861. The molecule has 0 bridgehead atoms. The van der Waals surface area contributed by atoms with Crippen LogP contribution in [0.15, 0.2) is 4.42 Å². The number of hydrogen-bond acceptors (Lipinski definition) is 4. The Kier molecular flexibility index (Phi) is 3.47. The van der Waals surface area contributed by atoms with E-state index in [0.717, 1.165) is 38.5 Å². The van der Waals surface area contributed by atoms with E-state index in [9.17, 15) is 9.59 Å². The van der Waals surface area contributed by atoms with Gasteiger partial charge in [-0.15, -0.1) is 0 Å².